The predicted molar refractivity (Wildman–Crippen MR) is 113 cm³/mol. The first kappa shape index (κ1) is 23.9. The largest absolute Gasteiger partial charge is 0.582 e. The highest BCUT2D eigenvalue weighted by atomic mass is 32.7. The molecule has 0 spiro atoms. The normalized spacial score (nSPS) is 17.7. The van der Waals surface area contributed by atoms with Crippen molar-refractivity contribution in [2.75, 3.05) is 13.1 Å². The third kappa shape index (κ3) is 12.3. The molecule has 2 atom stereocenters. The summed E-state index contributed by atoms with van der Waals surface area (Å²) in [6.45, 7) is 3.56. The molecule has 0 aromatic carbocycles. The van der Waals surface area contributed by atoms with E-state index in [1.807, 2.05) is 4.90 Å². The number of rotatable bonds is 16. The highest BCUT2D eigenvalue weighted by Gasteiger charge is 2.31. The summed E-state index contributed by atoms with van der Waals surface area (Å²) in [6.07, 6.45) is 18.5. The predicted octanol–water partition coefficient (Wildman–Crippen LogP) is 6.67. The zero-order chi connectivity index (χ0) is 19.0. The van der Waals surface area contributed by atoms with Gasteiger partial charge in [-0.15, -0.1) is 4.52 Å². The molecule has 26 heavy (non-hydrogen) atoms. The number of hydrogen-bond donors (Lipinski definition) is 1. The lowest BCUT2D eigenvalue weighted by atomic mass is 10.0. The fourth-order valence-corrected chi connectivity index (χ4v) is 4.45. The minimum Gasteiger partial charge on any atom is -0.340 e. The quantitative estimate of drug-likeness (QED) is 0.177. The summed E-state index contributed by atoms with van der Waals surface area (Å²) in [7, 11) is -1.87. The lowest BCUT2D eigenvalue weighted by Crippen LogP contribution is -2.29. The van der Waals surface area contributed by atoms with Crippen LogP contribution in [-0.2, 0) is 13.9 Å². The first-order valence-electron chi connectivity index (χ1n) is 10.7. The number of likely N-dealkylation sites (tertiary alicyclic amines) is 1. The van der Waals surface area contributed by atoms with Crippen LogP contribution in [0, 0.1) is 0 Å². The van der Waals surface area contributed by atoms with E-state index in [0.29, 0.717) is 13.0 Å². The second-order valence-electron chi connectivity index (χ2n) is 7.59. The molecule has 0 aromatic rings. The molecule has 0 aliphatic carbocycles. The van der Waals surface area contributed by atoms with Crippen molar-refractivity contribution in [3.05, 3.63) is 0 Å². The van der Waals surface area contributed by atoms with Gasteiger partial charge in [-0.1, -0.05) is 84.0 Å². The van der Waals surface area contributed by atoms with Gasteiger partial charge in [0.1, 0.15) is 18.4 Å². The lowest BCUT2D eigenvalue weighted by molar-refractivity contribution is -0.130. The molecule has 1 saturated heterocycles. The summed E-state index contributed by atoms with van der Waals surface area (Å²) in [5.74, 6) is 0.216. The van der Waals surface area contributed by atoms with Gasteiger partial charge in [0.25, 0.3) is 0 Å². The van der Waals surface area contributed by atoms with E-state index in [9.17, 15) is 9.36 Å². The maximum absolute atomic E-state index is 12.2. The van der Waals surface area contributed by atoms with Crippen molar-refractivity contribution in [2.24, 2.45) is 0 Å². The molecule has 0 radical (unpaired) electrons. The number of carbonyl (C=O) groups is 1. The van der Waals surface area contributed by atoms with Crippen LogP contribution in [-0.4, -0.2) is 30.0 Å². The molecule has 1 amide bonds. The first-order chi connectivity index (χ1) is 12.6. The molecule has 0 bridgehead atoms. The zero-order valence-electron chi connectivity index (χ0n) is 16.7. The van der Waals surface area contributed by atoms with Crippen molar-refractivity contribution in [3.8, 4) is 0 Å². The smallest absolute Gasteiger partial charge is 0.340 e. The topological polar surface area (TPSA) is 46.6 Å². The van der Waals surface area contributed by atoms with Crippen LogP contribution >= 0.6 is 19.5 Å². The van der Waals surface area contributed by atoms with Crippen molar-refractivity contribution in [3.63, 3.8) is 0 Å². The fraction of sp³-hybridized carbons (Fsp3) is 0.950. The number of amides is 1. The van der Waals surface area contributed by atoms with Gasteiger partial charge in [-0.25, -0.2) is 0 Å². The maximum Gasteiger partial charge on any atom is 0.582 e. The molecule has 0 saturated carbocycles. The van der Waals surface area contributed by atoms with Crippen LogP contribution in [0.1, 0.15) is 103 Å². The average Bonchev–Trinajstić information content (AvgIpc) is 3.06. The van der Waals surface area contributed by atoms with Gasteiger partial charge in [0, 0.05) is 13.0 Å². The highest BCUT2D eigenvalue weighted by molar-refractivity contribution is 8.39. The van der Waals surface area contributed by atoms with Crippen LogP contribution < -0.4 is 0 Å². The van der Waals surface area contributed by atoms with E-state index in [2.05, 4.69) is 19.2 Å². The Morgan fingerprint density at radius 2 is 1.46 bits per heavy atom. The van der Waals surface area contributed by atoms with Gasteiger partial charge in [0.05, 0.1) is 6.54 Å². The van der Waals surface area contributed by atoms with Crippen LogP contribution in [0.4, 0.5) is 0 Å². The third-order valence-electron chi connectivity index (χ3n) is 5.23. The molecule has 0 aromatic heterocycles. The van der Waals surface area contributed by atoms with E-state index in [1.165, 1.54) is 70.6 Å². The molecule has 1 aliphatic rings. The van der Waals surface area contributed by atoms with Crippen LogP contribution in [0.25, 0.3) is 0 Å². The van der Waals surface area contributed by atoms with Gasteiger partial charge in [-0.2, -0.15) is 0 Å². The second kappa shape index (κ2) is 15.9. The van der Waals surface area contributed by atoms with Crippen molar-refractivity contribution < 1.29 is 13.9 Å². The molecule has 0 N–H and O–H groups in total. The number of unbranched alkanes of at least 4 members (excludes halogenated alkanes) is 12. The first-order valence-corrected chi connectivity index (χ1v) is 13.1. The zero-order valence-corrected chi connectivity index (χ0v) is 18.5. The Bertz CT molecular complexity index is 395. The third-order valence-corrected chi connectivity index (χ3v) is 5.99. The number of nitrogens with zero attached hydrogens (tertiary/aromatic N) is 1. The summed E-state index contributed by atoms with van der Waals surface area (Å²) in [4.78, 5) is 14.0. The van der Waals surface area contributed by atoms with Crippen LogP contribution in [0.15, 0.2) is 0 Å². The van der Waals surface area contributed by atoms with Gasteiger partial charge < -0.3 is 4.90 Å². The number of thiol groups is 1. The Balaban J connectivity index is 1.86. The molecule has 4 nitrogen and oxygen atoms in total. The molecule has 1 fully saturated rings. The SMILES string of the molecule is CCCCCCCCCCCCCCCC(=O)N1CC[C@H](O[P+](=O)S)C1. The van der Waals surface area contributed by atoms with E-state index >= 15 is 0 Å². The van der Waals surface area contributed by atoms with Crippen LogP contribution in [0.5, 0.6) is 0 Å². The van der Waals surface area contributed by atoms with E-state index in [0.717, 1.165) is 25.8 Å². The van der Waals surface area contributed by atoms with Crippen LogP contribution in [0.2, 0.25) is 0 Å². The van der Waals surface area contributed by atoms with Crippen molar-refractivity contribution in [2.45, 2.75) is 109 Å². The Kier molecular flexibility index (Phi) is 14.6. The maximum atomic E-state index is 12.2. The van der Waals surface area contributed by atoms with Gasteiger partial charge in [-0.3, -0.25) is 4.79 Å². The Morgan fingerprint density at radius 3 is 1.96 bits per heavy atom. The Labute approximate surface area is 166 Å². The second-order valence-corrected chi connectivity index (χ2v) is 9.25. The van der Waals surface area contributed by atoms with Gasteiger partial charge >= 0.3 is 7.23 Å². The van der Waals surface area contributed by atoms with E-state index in [4.69, 9.17) is 4.52 Å². The molecule has 1 unspecified atom stereocenters. The highest BCUT2D eigenvalue weighted by Crippen LogP contribution is 2.32. The summed E-state index contributed by atoms with van der Waals surface area (Å²) < 4.78 is 16.2. The summed E-state index contributed by atoms with van der Waals surface area (Å²) in [6, 6.07) is 0. The minimum atomic E-state index is -1.87. The standard InChI is InChI=1S/C20H38NO3PS/c1-2-3-4-5-6-7-8-9-10-11-12-13-14-15-20(22)21-17-16-19(18-21)24-25(23)26/h19H,2-18H2,1H3/p+1/t19-/m0/s1. The molecular formula is C20H39NO3PS+. The van der Waals surface area contributed by atoms with Gasteiger partial charge in [0.2, 0.25) is 5.91 Å². The number of hydrogen-bond acceptors (Lipinski definition) is 3. The van der Waals surface area contributed by atoms with E-state index in [-0.39, 0.29) is 12.0 Å². The van der Waals surface area contributed by atoms with Crippen molar-refractivity contribution in [1.29, 1.82) is 0 Å². The summed E-state index contributed by atoms with van der Waals surface area (Å²) in [5.41, 5.74) is 0. The molecule has 1 aliphatic heterocycles. The number of carbonyl (C=O) groups excluding carboxylic acids is 1. The molecule has 152 valence electrons. The molecule has 6 heteroatoms. The molecular weight excluding hydrogens is 365 g/mol. The van der Waals surface area contributed by atoms with E-state index < -0.39 is 7.23 Å². The van der Waals surface area contributed by atoms with Crippen molar-refractivity contribution in [1.82, 2.24) is 4.90 Å². The summed E-state index contributed by atoms with van der Waals surface area (Å²) in [5, 5.41) is 0. The average molecular weight is 405 g/mol. The van der Waals surface area contributed by atoms with Gasteiger partial charge in [0.15, 0.2) is 0 Å². The molecule has 1 rings (SSSR count). The van der Waals surface area contributed by atoms with Crippen molar-refractivity contribution >= 4 is 25.4 Å². The Hall–Kier alpha value is -0.120. The lowest BCUT2D eigenvalue weighted by Gasteiger charge is -2.15. The van der Waals surface area contributed by atoms with Crippen LogP contribution in [0.3, 0.4) is 0 Å². The Morgan fingerprint density at radius 1 is 0.962 bits per heavy atom. The molecule has 1 heterocycles. The van der Waals surface area contributed by atoms with Gasteiger partial charge in [-0.05, 0) is 17.4 Å². The summed E-state index contributed by atoms with van der Waals surface area (Å²) >= 11 is 3.77. The monoisotopic (exact) mass is 404 g/mol. The fourth-order valence-electron chi connectivity index (χ4n) is 3.62. The van der Waals surface area contributed by atoms with E-state index in [1.54, 1.807) is 0 Å². The minimum absolute atomic E-state index is 0.105.